The first-order chi connectivity index (χ1) is 14.6. The Hall–Kier alpha value is -2.59. The van der Waals surface area contributed by atoms with Crippen LogP contribution in [-0.2, 0) is 11.3 Å². The molecule has 2 saturated heterocycles. The number of carbonyl (C=O) groups is 1. The summed E-state index contributed by atoms with van der Waals surface area (Å²) in [4.78, 5) is 22.9. The average Bonchev–Trinajstić information content (AvgIpc) is 3.42. The minimum Gasteiger partial charge on any atom is -0.434 e. The van der Waals surface area contributed by atoms with Gasteiger partial charge >= 0.3 is 6.61 Å². The zero-order valence-corrected chi connectivity index (χ0v) is 16.7. The summed E-state index contributed by atoms with van der Waals surface area (Å²) in [6.45, 7) is 2.95. The van der Waals surface area contributed by atoms with E-state index >= 15 is 0 Å². The van der Waals surface area contributed by atoms with E-state index in [9.17, 15) is 13.6 Å². The predicted molar refractivity (Wildman–Crippen MR) is 104 cm³/mol. The molecule has 10 heteroatoms. The molecule has 0 bridgehead atoms. The molecule has 8 nitrogen and oxygen atoms in total. The van der Waals surface area contributed by atoms with E-state index in [0.717, 1.165) is 52.1 Å². The summed E-state index contributed by atoms with van der Waals surface area (Å²) in [5.74, 6) is 0.859. The van der Waals surface area contributed by atoms with E-state index in [0.29, 0.717) is 24.5 Å². The van der Waals surface area contributed by atoms with Crippen molar-refractivity contribution in [1.82, 2.24) is 24.8 Å². The number of carbonyl (C=O) groups excluding carboxylic acids is 1. The van der Waals surface area contributed by atoms with Crippen LogP contribution in [0, 0.1) is 0 Å². The van der Waals surface area contributed by atoms with E-state index in [-0.39, 0.29) is 17.5 Å². The number of amides is 1. The topological polar surface area (TPSA) is 74.9 Å². The third-order valence-electron chi connectivity index (χ3n) is 5.45. The maximum atomic E-state index is 12.6. The number of ether oxygens (including phenoxy) is 1. The first kappa shape index (κ1) is 20.7. The van der Waals surface area contributed by atoms with Crippen LogP contribution in [0.3, 0.4) is 0 Å². The number of hydrogen-bond acceptors (Lipinski definition) is 7. The van der Waals surface area contributed by atoms with Crippen LogP contribution in [0.5, 0.6) is 5.75 Å². The molecule has 1 aromatic heterocycles. The molecule has 0 spiro atoms. The average molecular weight is 421 g/mol. The lowest BCUT2D eigenvalue weighted by atomic mass is 10.2. The molecule has 1 amide bonds. The van der Waals surface area contributed by atoms with Gasteiger partial charge in [-0.15, -0.1) is 0 Å². The van der Waals surface area contributed by atoms with Crippen molar-refractivity contribution in [3.63, 3.8) is 0 Å². The van der Waals surface area contributed by atoms with Gasteiger partial charge in [0.2, 0.25) is 17.6 Å². The van der Waals surface area contributed by atoms with Gasteiger partial charge in [-0.25, -0.2) is 0 Å². The molecule has 0 N–H and O–H groups in total. The largest absolute Gasteiger partial charge is 0.434 e. The fourth-order valence-electron chi connectivity index (χ4n) is 3.83. The monoisotopic (exact) mass is 421 g/mol. The number of hydrogen-bond donors (Lipinski definition) is 0. The third kappa shape index (κ3) is 5.11. The lowest BCUT2D eigenvalue weighted by Crippen LogP contribution is -2.49. The van der Waals surface area contributed by atoms with Gasteiger partial charge < -0.3 is 14.2 Å². The summed E-state index contributed by atoms with van der Waals surface area (Å²) < 4.78 is 35.1. The summed E-state index contributed by atoms with van der Waals surface area (Å²) in [6, 6.07) is 6.37. The molecule has 162 valence electrons. The van der Waals surface area contributed by atoms with Gasteiger partial charge in [-0.05, 0) is 25.0 Å². The van der Waals surface area contributed by atoms with Gasteiger partial charge in [-0.1, -0.05) is 17.3 Å². The Labute approximate surface area is 173 Å². The number of halogens is 2. The highest BCUT2D eigenvalue weighted by molar-refractivity contribution is 5.78. The molecule has 0 atom stereocenters. The molecule has 4 rings (SSSR count). The molecule has 3 heterocycles. The van der Waals surface area contributed by atoms with Crippen molar-refractivity contribution in [3.8, 4) is 17.1 Å². The summed E-state index contributed by atoms with van der Waals surface area (Å²) in [7, 11) is 0. The summed E-state index contributed by atoms with van der Waals surface area (Å²) in [6.07, 6.45) is 2.20. The normalized spacial score (nSPS) is 18.3. The second-order valence-electron chi connectivity index (χ2n) is 7.53. The van der Waals surface area contributed by atoms with Crippen LogP contribution in [0.25, 0.3) is 11.4 Å². The maximum Gasteiger partial charge on any atom is 0.387 e. The molecule has 2 fully saturated rings. The van der Waals surface area contributed by atoms with Gasteiger partial charge in [0.05, 0.1) is 18.7 Å². The number of benzene rings is 1. The highest BCUT2D eigenvalue weighted by Gasteiger charge is 2.24. The molecule has 2 aliphatic rings. The Morgan fingerprint density at radius 2 is 1.77 bits per heavy atom. The number of aromatic nitrogens is 2. The number of piperazine rings is 1. The Morgan fingerprint density at radius 1 is 1.07 bits per heavy atom. The molecular formula is C20H25F2N5O3. The van der Waals surface area contributed by atoms with Gasteiger partial charge in [0.25, 0.3) is 0 Å². The molecule has 30 heavy (non-hydrogen) atoms. The molecule has 1 aromatic carbocycles. The Balaban J connectivity index is 1.29. The zero-order chi connectivity index (χ0) is 20.9. The van der Waals surface area contributed by atoms with E-state index in [1.165, 1.54) is 6.07 Å². The van der Waals surface area contributed by atoms with Crippen LogP contribution < -0.4 is 4.74 Å². The fraction of sp³-hybridized carbons (Fsp3) is 0.550. The second kappa shape index (κ2) is 9.48. The molecule has 0 saturated carbocycles. The number of alkyl halides is 2. The molecular weight excluding hydrogens is 396 g/mol. The van der Waals surface area contributed by atoms with Crippen molar-refractivity contribution in [2.24, 2.45) is 0 Å². The second-order valence-corrected chi connectivity index (χ2v) is 7.53. The Kier molecular flexibility index (Phi) is 6.53. The van der Waals surface area contributed by atoms with Crippen molar-refractivity contribution >= 4 is 5.91 Å². The highest BCUT2D eigenvalue weighted by atomic mass is 19.3. The van der Waals surface area contributed by atoms with Crippen molar-refractivity contribution in [3.05, 3.63) is 30.2 Å². The quantitative estimate of drug-likeness (QED) is 0.678. The lowest BCUT2D eigenvalue weighted by molar-refractivity contribution is -0.131. The number of nitrogens with zero attached hydrogens (tertiary/aromatic N) is 5. The number of likely N-dealkylation sites (tertiary alicyclic amines) is 1. The van der Waals surface area contributed by atoms with Crippen LogP contribution in [0.2, 0.25) is 0 Å². The predicted octanol–water partition coefficient (Wildman–Crippen LogP) is 2.08. The van der Waals surface area contributed by atoms with Gasteiger partial charge in [0, 0.05) is 39.3 Å². The minimum atomic E-state index is -2.92. The number of rotatable bonds is 7. The third-order valence-corrected chi connectivity index (χ3v) is 5.45. The first-order valence-electron chi connectivity index (χ1n) is 10.2. The van der Waals surface area contributed by atoms with E-state index in [2.05, 4.69) is 24.7 Å². The van der Waals surface area contributed by atoms with E-state index in [1.807, 2.05) is 4.90 Å². The molecule has 0 unspecified atom stereocenters. The first-order valence-corrected chi connectivity index (χ1v) is 10.2. The Bertz CT molecular complexity index is 848. The van der Waals surface area contributed by atoms with Crippen LogP contribution in [0.1, 0.15) is 18.7 Å². The molecule has 2 aliphatic heterocycles. The van der Waals surface area contributed by atoms with Gasteiger partial charge in [-0.3, -0.25) is 14.6 Å². The van der Waals surface area contributed by atoms with Crippen molar-refractivity contribution in [2.75, 3.05) is 45.8 Å². The van der Waals surface area contributed by atoms with Gasteiger partial charge in [-0.2, -0.15) is 13.8 Å². The Morgan fingerprint density at radius 3 is 2.50 bits per heavy atom. The van der Waals surface area contributed by atoms with Gasteiger partial charge in [0.15, 0.2) is 0 Å². The minimum absolute atomic E-state index is 0.0103. The van der Waals surface area contributed by atoms with Crippen LogP contribution in [0.4, 0.5) is 8.78 Å². The van der Waals surface area contributed by atoms with Crippen LogP contribution in [0.15, 0.2) is 28.8 Å². The van der Waals surface area contributed by atoms with Crippen LogP contribution >= 0.6 is 0 Å². The summed E-state index contributed by atoms with van der Waals surface area (Å²) >= 11 is 0. The zero-order valence-electron chi connectivity index (χ0n) is 16.7. The van der Waals surface area contributed by atoms with Gasteiger partial charge in [0.1, 0.15) is 5.75 Å². The number of para-hydroxylation sites is 1. The SMILES string of the molecule is O=C(CN1CCN(Cc2nc(-c3ccccc3OC(F)F)no2)CC1)N1CCCC1. The van der Waals surface area contributed by atoms with E-state index in [1.54, 1.807) is 18.2 Å². The fourth-order valence-corrected chi connectivity index (χ4v) is 3.83. The van der Waals surface area contributed by atoms with E-state index < -0.39 is 6.61 Å². The highest BCUT2D eigenvalue weighted by Crippen LogP contribution is 2.29. The van der Waals surface area contributed by atoms with Crippen molar-refractivity contribution in [1.29, 1.82) is 0 Å². The molecule has 2 aromatic rings. The van der Waals surface area contributed by atoms with Crippen molar-refractivity contribution in [2.45, 2.75) is 26.0 Å². The molecule has 0 radical (unpaired) electrons. The maximum absolute atomic E-state index is 12.6. The van der Waals surface area contributed by atoms with Crippen molar-refractivity contribution < 1.29 is 22.8 Å². The van der Waals surface area contributed by atoms with Crippen LogP contribution in [-0.4, -0.2) is 83.2 Å². The summed E-state index contributed by atoms with van der Waals surface area (Å²) in [5, 5.41) is 3.92. The summed E-state index contributed by atoms with van der Waals surface area (Å²) in [5.41, 5.74) is 0.359. The standard InChI is InChI=1S/C20H25F2N5O3/c21-20(22)29-16-6-2-1-5-15(16)19-23-17(30-24-19)13-25-9-11-26(12-10-25)14-18(28)27-7-3-4-8-27/h1-2,5-6,20H,3-4,7-14H2. The molecule has 0 aliphatic carbocycles. The van der Waals surface area contributed by atoms with E-state index in [4.69, 9.17) is 4.52 Å². The lowest BCUT2D eigenvalue weighted by Gasteiger charge is -2.34. The smallest absolute Gasteiger partial charge is 0.387 e.